The van der Waals surface area contributed by atoms with Gasteiger partial charge in [-0.25, -0.2) is 4.98 Å². The smallest absolute Gasteiger partial charge is 0.226 e. The van der Waals surface area contributed by atoms with Gasteiger partial charge < -0.3 is 10.1 Å². The van der Waals surface area contributed by atoms with Gasteiger partial charge in [0.25, 0.3) is 0 Å². The van der Waals surface area contributed by atoms with E-state index in [4.69, 9.17) is 16.3 Å². The van der Waals surface area contributed by atoms with Crippen LogP contribution in [0, 0.1) is 0 Å². The number of methoxy groups -OCH3 is 1. The highest BCUT2D eigenvalue weighted by molar-refractivity contribution is 6.18. The van der Waals surface area contributed by atoms with Gasteiger partial charge in [-0.05, 0) is 12.5 Å². The van der Waals surface area contributed by atoms with E-state index in [1.807, 2.05) is 37.3 Å². The van der Waals surface area contributed by atoms with Crippen molar-refractivity contribution in [1.29, 1.82) is 0 Å². The van der Waals surface area contributed by atoms with Crippen LogP contribution in [0.15, 0.2) is 42.6 Å². The van der Waals surface area contributed by atoms with Crippen LogP contribution in [-0.2, 0) is 5.54 Å². The molecule has 0 amide bonds. The zero-order chi connectivity index (χ0) is 13.7. The molecule has 100 valence electrons. The van der Waals surface area contributed by atoms with Crippen molar-refractivity contribution in [3.8, 4) is 5.88 Å². The third-order valence-corrected chi connectivity index (χ3v) is 3.44. The Balaban J connectivity index is 2.27. The topological polar surface area (TPSA) is 47.0 Å². The molecule has 0 aliphatic carbocycles. The average Bonchev–Trinajstić information content (AvgIpc) is 2.48. The van der Waals surface area contributed by atoms with Crippen LogP contribution in [0.2, 0.25) is 0 Å². The average molecular weight is 278 g/mol. The fraction of sp³-hybridized carbons (Fsp3) is 0.286. The van der Waals surface area contributed by atoms with Gasteiger partial charge >= 0.3 is 0 Å². The quantitative estimate of drug-likeness (QED) is 0.854. The second-order valence-electron chi connectivity index (χ2n) is 4.38. The molecule has 0 aliphatic heterocycles. The Hall–Kier alpha value is -1.81. The minimum Gasteiger partial charge on any atom is -0.481 e. The first-order chi connectivity index (χ1) is 9.18. The second kappa shape index (κ2) is 5.89. The molecule has 5 heteroatoms. The molecular formula is C14H16ClN3O. The molecule has 0 saturated carbocycles. The lowest BCUT2D eigenvalue weighted by molar-refractivity contribution is 0.397. The molecule has 1 N–H and O–H groups in total. The summed E-state index contributed by atoms with van der Waals surface area (Å²) in [5.74, 6) is 1.41. The van der Waals surface area contributed by atoms with Crippen molar-refractivity contribution in [2.24, 2.45) is 0 Å². The van der Waals surface area contributed by atoms with Gasteiger partial charge in [-0.2, -0.15) is 4.98 Å². The monoisotopic (exact) mass is 277 g/mol. The molecule has 1 aromatic carbocycles. The highest BCUT2D eigenvalue weighted by Crippen LogP contribution is 2.26. The molecule has 1 aromatic heterocycles. The van der Waals surface area contributed by atoms with Gasteiger partial charge in [0.15, 0.2) is 0 Å². The summed E-state index contributed by atoms with van der Waals surface area (Å²) in [6, 6.07) is 11.7. The van der Waals surface area contributed by atoms with Crippen molar-refractivity contribution in [3.05, 3.63) is 48.2 Å². The van der Waals surface area contributed by atoms with Crippen LogP contribution in [0.25, 0.3) is 0 Å². The van der Waals surface area contributed by atoms with E-state index in [0.717, 1.165) is 5.56 Å². The maximum Gasteiger partial charge on any atom is 0.226 e. The Morgan fingerprint density at radius 3 is 2.63 bits per heavy atom. The Labute approximate surface area is 117 Å². The highest BCUT2D eigenvalue weighted by atomic mass is 35.5. The summed E-state index contributed by atoms with van der Waals surface area (Å²) in [6.45, 7) is 2.01. The maximum absolute atomic E-state index is 6.12. The van der Waals surface area contributed by atoms with Crippen molar-refractivity contribution in [2.45, 2.75) is 12.5 Å². The molecule has 0 fully saturated rings. The van der Waals surface area contributed by atoms with Gasteiger partial charge in [-0.15, -0.1) is 11.6 Å². The highest BCUT2D eigenvalue weighted by Gasteiger charge is 2.26. The van der Waals surface area contributed by atoms with Crippen molar-refractivity contribution in [1.82, 2.24) is 9.97 Å². The predicted molar refractivity (Wildman–Crippen MR) is 76.7 cm³/mol. The van der Waals surface area contributed by atoms with E-state index < -0.39 is 5.54 Å². The first-order valence-electron chi connectivity index (χ1n) is 5.94. The van der Waals surface area contributed by atoms with Crippen LogP contribution in [0.3, 0.4) is 0 Å². The van der Waals surface area contributed by atoms with E-state index in [9.17, 15) is 0 Å². The number of nitrogens with one attached hydrogen (secondary N) is 1. The van der Waals surface area contributed by atoms with Gasteiger partial charge in [-0.3, -0.25) is 0 Å². The van der Waals surface area contributed by atoms with Gasteiger partial charge in [0.1, 0.15) is 0 Å². The van der Waals surface area contributed by atoms with Crippen molar-refractivity contribution < 1.29 is 4.74 Å². The van der Waals surface area contributed by atoms with E-state index in [2.05, 4.69) is 15.3 Å². The van der Waals surface area contributed by atoms with E-state index in [1.165, 1.54) is 0 Å². The Morgan fingerprint density at radius 2 is 2.00 bits per heavy atom. The summed E-state index contributed by atoms with van der Waals surface area (Å²) in [5, 5.41) is 3.26. The summed E-state index contributed by atoms with van der Waals surface area (Å²) >= 11 is 6.12. The zero-order valence-corrected chi connectivity index (χ0v) is 11.7. The molecule has 0 bridgehead atoms. The number of hydrogen-bond donors (Lipinski definition) is 1. The molecule has 19 heavy (non-hydrogen) atoms. The zero-order valence-electron chi connectivity index (χ0n) is 10.9. The van der Waals surface area contributed by atoms with Crippen LogP contribution in [0.5, 0.6) is 5.88 Å². The Kier molecular flexibility index (Phi) is 4.22. The largest absolute Gasteiger partial charge is 0.481 e. The SMILES string of the molecule is COc1ccnc(NC(C)(CCl)c2ccccc2)n1. The molecule has 2 aromatic rings. The molecule has 0 radical (unpaired) electrons. The molecular weight excluding hydrogens is 262 g/mol. The van der Waals surface area contributed by atoms with Crippen molar-refractivity contribution in [2.75, 3.05) is 18.3 Å². The number of halogens is 1. The summed E-state index contributed by atoms with van der Waals surface area (Å²) in [4.78, 5) is 8.43. The molecule has 1 heterocycles. The van der Waals surface area contributed by atoms with Crippen molar-refractivity contribution >= 4 is 17.5 Å². The fourth-order valence-corrected chi connectivity index (χ4v) is 1.97. The number of nitrogens with zero attached hydrogens (tertiary/aromatic N) is 2. The molecule has 4 nitrogen and oxygen atoms in total. The second-order valence-corrected chi connectivity index (χ2v) is 4.65. The summed E-state index contributed by atoms with van der Waals surface area (Å²) < 4.78 is 5.08. The molecule has 0 saturated heterocycles. The number of ether oxygens (including phenoxy) is 1. The van der Waals surface area contributed by atoms with Crippen LogP contribution >= 0.6 is 11.6 Å². The van der Waals surface area contributed by atoms with E-state index in [1.54, 1.807) is 19.4 Å². The number of hydrogen-bond acceptors (Lipinski definition) is 4. The van der Waals surface area contributed by atoms with E-state index >= 15 is 0 Å². The third kappa shape index (κ3) is 3.15. The Bertz CT molecular complexity index is 535. The fourth-order valence-electron chi connectivity index (χ4n) is 1.75. The van der Waals surface area contributed by atoms with Gasteiger partial charge in [0, 0.05) is 18.1 Å². The first-order valence-corrected chi connectivity index (χ1v) is 6.48. The minimum absolute atomic E-state index is 0.400. The molecule has 1 unspecified atom stereocenters. The first kappa shape index (κ1) is 13.6. The Morgan fingerprint density at radius 1 is 1.26 bits per heavy atom. The number of anilines is 1. The summed E-state index contributed by atoms with van der Waals surface area (Å²) in [7, 11) is 1.57. The summed E-state index contributed by atoms with van der Waals surface area (Å²) in [6.07, 6.45) is 1.65. The van der Waals surface area contributed by atoms with Crippen LogP contribution in [0.1, 0.15) is 12.5 Å². The summed E-state index contributed by atoms with van der Waals surface area (Å²) in [5.41, 5.74) is 0.645. The lowest BCUT2D eigenvalue weighted by atomic mass is 9.94. The number of benzene rings is 1. The maximum atomic E-state index is 6.12. The van der Waals surface area contributed by atoms with Crippen LogP contribution in [0.4, 0.5) is 5.95 Å². The number of rotatable bonds is 5. The van der Waals surface area contributed by atoms with Crippen LogP contribution in [-0.4, -0.2) is 23.0 Å². The minimum atomic E-state index is -0.435. The van der Waals surface area contributed by atoms with Gasteiger partial charge in [0.2, 0.25) is 11.8 Å². The number of alkyl halides is 1. The predicted octanol–water partition coefficient (Wildman–Crippen LogP) is 3.05. The van der Waals surface area contributed by atoms with Crippen molar-refractivity contribution in [3.63, 3.8) is 0 Å². The van der Waals surface area contributed by atoms with Crippen LogP contribution < -0.4 is 10.1 Å². The lowest BCUT2D eigenvalue weighted by Crippen LogP contribution is -2.34. The molecule has 0 spiro atoms. The van der Waals surface area contributed by atoms with Gasteiger partial charge in [-0.1, -0.05) is 30.3 Å². The van der Waals surface area contributed by atoms with E-state index in [0.29, 0.717) is 17.7 Å². The van der Waals surface area contributed by atoms with Gasteiger partial charge in [0.05, 0.1) is 12.6 Å². The molecule has 1 atom stereocenters. The standard InChI is InChI=1S/C14H16ClN3O/c1-14(10-15,11-6-4-3-5-7-11)18-13-16-9-8-12(17-13)19-2/h3-9H,10H2,1-2H3,(H,16,17,18). The third-order valence-electron chi connectivity index (χ3n) is 2.91. The van der Waals surface area contributed by atoms with E-state index in [-0.39, 0.29) is 0 Å². The molecule has 2 rings (SSSR count). The lowest BCUT2D eigenvalue weighted by Gasteiger charge is -2.29. The molecule has 0 aliphatic rings. The number of aromatic nitrogens is 2. The normalized spacial score (nSPS) is 13.6.